The first-order valence-electron chi connectivity index (χ1n) is 6.31. The van der Waals surface area contributed by atoms with Crippen molar-refractivity contribution in [2.45, 2.75) is 6.54 Å². The number of carboxylic acid groups (broad SMARTS) is 1. The number of carboxylic acids is 1. The van der Waals surface area contributed by atoms with Crippen LogP contribution in [0.1, 0.15) is 15.9 Å². The molecule has 0 spiro atoms. The van der Waals surface area contributed by atoms with Crippen molar-refractivity contribution in [1.82, 2.24) is 10.3 Å². The highest BCUT2D eigenvalue weighted by Crippen LogP contribution is 2.12. The Balaban J connectivity index is 1.71. The van der Waals surface area contributed by atoms with E-state index in [0.717, 1.165) is 12.1 Å². The molecule has 2 aromatic rings. The summed E-state index contributed by atoms with van der Waals surface area (Å²) in [6, 6.07) is 10.4. The predicted octanol–water partition coefficient (Wildman–Crippen LogP) is 1.95. The fraction of sp³-hybridized carbons (Fsp3) is 0.200. The van der Waals surface area contributed by atoms with Crippen LogP contribution in [0.2, 0.25) is 0 Å². The smallest absolute Gasteiger partial charge is 0.335 e. The van der Waals surface area contributed by atoms with Gasteiger partial charge in [0.25, 0.3) is 0 Å². The molecule has 0 amide bonds. The Kier molecular flexibility index (Phi) is 5.08. The second-order valence-electron chi connectivity index (χ2n) is 4.21. The first-order valence-corrected chi connectivity index (χ1v) is 6.31. The molecule has 2 N–H and O–H groups in total. The number of nitrogens with one attached hydrogen (secondary N) is 1. The number of pyridine rings is 1. The van der Waals surface area contributed by atoms with Gasteiger partial charge < -0.3 is 15.2 Å². The SMILES string of the molecule is O=C(O)c1cccc(OCCNCc2ccncc2)c1. The Morgan fingerprint density at radius 2 is 2.05 bits per heavy atom. The number of hydrogen-bond acceptors (Lipinski definition) is 4. The largest absolute Gasteiger partial charge is 0.492 e. The van der Waals surface area contributed by atoms with Gasteiger partial charge in [-0.2, -0.15) is 0 Å². The number of ether oxygens (including phenoxy) is 1. The first-order chi connectivity index (χ1) is 9.75. The summed E-state index contributed by atoms with van der Waals surface area (Å²) in [5.74, 6) is -0.387. The van der Waals surface area contributed by atoms with Crippen LogP contribution in [-0.2, 0) is 6.54 Å². The molecule has 0 aliphatic carbocycles. The average molecular weight is 272 g/mol. The molecular formula is C15H16N2O3. The third kappa shape index (κ3) is 4.37. The van der Waals surface area contributed by atoms with Crippen LogP contribution >= 0.6 is 0 Å². The number of hydrogen-bond donors (Lipinski definition) is 2. The molecule has 1 aromatic carbocycles. The van der Waals surface area contributed by atoms with Crippen LogP contribution in [0.15, 0.2) is 48.8 Å². The molecule has 1 heterocycles. The topological polar surface area (TPSA) is 71.5 Å². The molecule has 0 fully saturated rings. The van der Waals surface area contributed by atoms with Crippen molar-refractivity contribution in [3.05, 3.63) is 59.9 Å². The van der Waals surface area contributed by atoms with Crippen molar-refractivity contribution in [2.75, 3.05) is 13.2 Å². The number of nitrogens with zero attached hydrogens (tertiary/aromatic N) is 1. The van der Waals surface area contributed by atoms with E-state index in [9.17, 15) is 4.79 Å². The molecule has 5 nitrogen and oxygen atoms in total. The van der Waals surface area contributed by atoms with E-state index in [0.29, 0.717) is 18.9 Å². The van der Waals surface area contributed by atoms with Gasteiger partial charge in [0.2, 0.25) is 0 Å². The Hall–Kier alpha value is -2.40. The van der Waals surface area contributed by atoms with Crippen molar-refractivity contribution in [1.29, 1.82) is 0 Å². The van der Waals surface area contributed by atoms with E-state index < -0.39 is 5.97 Å². The lowest BCUT2D eigenvalue weighted by Crippen LogP contribution is -2.20. The Morgan fingerprint density at radius 3 is 2.80 bits per heavy atom. The fourth-order valence-electron chi connectivity index (χ4n) is 1.69. The molecular weight excluding hydrogens is 256 g/mol. The molecule has 0 aliphatic rings. The van der Waals surface area contributed by atoms with Crippen molar-refractivity contribution < 1.29 is 14.6 Å². The normalized spacial score (nSPS) is 10.2. The summed E-state index contributed by atoms with van der Waals surface area (Å²) in [5, 5.41) is 12.1. The van der Waals surface area contributed by atoms with Gasteiger partial charge in [-0.3, -0.25) is 4.98 Å². The molecule has 20 heavy (non-hydrogen) atoms. The highest BCUT2D eigenvalue weighted by molar-refractivity contribution is 5.87. The summed E-state index contributed by atoms with van der Waals surface area (Å²) in [4.78, 5) is 14.8. The van der Waals surface area contributed by atoms with Crippen LogP contribution in [0.3, 0.4) is 0 Å². The van der Waals surface area contributed by atoms with Crippen molar-refractivity contribution in [2.24, 2.45) is 0 Å². The molecule has 0 atom stereocenters. The van der Waals surface area contributed by atoms with Gasteiger partial charge in [0.1, 0.15) is 12.4 Å². The second kappa shape index (κ2) is 7.25. The average Bonchev–Trinajstić information content (AvgIpc) is 2.48. The summed E-state index contributed by atoms with van der Waals surface area (Å²) in [5.41, 5.74) is 1.39. The summed E-state index contributed by atoms with van der Waals surface area (Å²) >= 11 is 0. The summed E-state index contributed by atoms with van der Waals surface area (Å²) in [6.45, 7) is 1.91. The zero-order valence-corrected chi connectivity index (χ0v) is 11.0. The lowest BCUT2D eigenvalue weighted by Gasteiger charge is -2.08. The van der Waals surface area contributed by atoms with E-state index in [1.165, 1.54) is 12.1 Å². The summed E-state index contributed by atoms with van der Waals surface area (Å²) < 4.78 is 5.50. The molecule has 104 valence electrons. The highest BCUT2D eigenvalue weighted by atomic mass is 16.5. The number of benzene rings is 1. The van der Waals surface area contributed by atoms with E-state index in [2.05, 4.69) is 10.3 Å². The van der Waals surface area contributed by atoms with Crippen LogP contribution in [0.25, 0.3) is 0 Å². The minimum atomic E-state index is -0.953. The number of aromatic nitrogens is 1. The second-order valence-corrected chi connectivity index (χ2v) is 4.21. The standard InChI is InChI=1S/C15H16N2O3/c18-15(19)13-2-1-3-14(10-13)20-9-8-17-11-12-4-6-16-7-5-12/h1-7,10,17H,8-9,11H2,(H,18,19). The Morgan fingerprint density at radius 1 is 1.25 bits per heavy atom. The minimum absolute atomic E-state index is 0.229. The van der Waals surface area contributed by atoms with Gasteiger partial charge in [0.15, 0.2) is 0 Å². The van der Waals surface area contributed by atoms with Gasteiger partial charge in [-0.25, -0.2) is 4.79 Å². The maximum absolute atomic E-state index is 10.8. The first kappa shape index (κ1) is 14.0. The molecule has 0 bridgehead atoms. The molecule has 0 unspecified atom stereocenters. The minimum Gasteiger partial charge on any atom is -0.492 e. The molecule has 0 aliphatic heterocycles. The van der Waals surface area contributed by atoms with Gasteiger partial charge >= 0.3 is 5.97 Å². The van der Waals surface area contributed by atoms with E-state index in [4.69, 9.17) is 9.84 Å². The van der Waals surface area contributed by atoms with E-state index in [1.54, 1.807) is 24.5 Å². The van der Waals surface area contributed by atoms with Crippen LogP contribution in [0, 0.1) is 0 Å². The molecule has 2 rings (SSSR count). The Labute approximate surface area is 117 Å². The van der Waals surface area contributed by atoms with Gasteiger partial charge in [-0.15, -0.1) is 0 Å². The third-order valence-corrected chi connectivity index (χ3v) is 2.71. The van der Waals surface area contributed by atoms with Gasteiger partial charge in [0, 0.05) is 25.5 Å². The maximum atomic E-state index is 10.8. The maximum Gasteiger partial charge on any atom is 0.335 e. The molecule has 0 saturated carbocycles. The van der Waals surface area contributed by atoms with Crippen LogP contribution in [0.4, 0.5) is 0 Å². The van der Waals surface area contributed by atoms with Gasteiger partial charge in [-0.1, -0.05) is 6.07 Å². The van der Waals surface area contributed by atoms with E-state index >= 15 is 0 Å². The Bertz CT molecular complexity index is 558. The number of rotatable bonds is 7. The van der Waals surface area contributed by atoms with Crippen LogP contribution in [-0.4, -0.2) is 29.2 Å². The molecule has 0 radical (unpaired) electrons. The zero-order chi connectivity index (χ0) is 14.2. The zero-order valence-electron chi connectivity index (χ0n) is 11.0. The molecule has 0 saturated heterocycles. The molecule has 1 aromatic heterocycles. The van der Waals surface area contributed by atoms with Gasteiger partial charge in [0.05, 0.1) is 5.56 Å². The van der Waals surface area contributed by atoms with Gasteiger partial charge in [-0.05, 0) is 35.9 Å². The van der Waals surface area contributed by atoms with Crippen molar-refractivity contribution in [3.63, 3.8) is 0 Å². The predicted molar refractivity (Wildman–Crippen MR) is 74.8 cm³/mol. The fourth-order valence-corrected chi connectivity index (χ4v) is 1.69. The van der Waals surface area contributed by atoms with Crippen molar-refractivity contribution in [3.8, 4) is 5.75 Å². The lowest BCUT2D eigenvalue weighted by atomic mass is 10.2. The van der Waals surface area contributed by atoms with Crippen LogP contribution in [0.5, 0.6) is 5.75 Å². The quantitative estimate of drug-likeness (QED) is 0.754. The lowest BCUT2D eigenvalue weighted by molar-refractivity contribution is 0.0696. The van der Waals surface area contributed by atoms with Crippen molar-refractivity contribution >= 4 is 5.97 Å². The summed E-state index contributed by atoms with van der Waals surface area (Å²) in [7, 11) is 0. The van der Waals surface area contributed by atoms with Crippen LogP contribution < -0.4 is 10.1 Å². The molecule has 5 heteroatoms. The summed E-state index contributed by atoms with van der Waals surface area (Å²) in [6.07, 6.45) is 3.51. The number of aromatic carboxylic acids is 1. The number of carbonyl (C=O) groups is 1. The monoisotopic (exact) mass is 272 g/mol. The van der Waals surface area contributed by atoms with E-state index in [1.807, 2.05) is 12.1 Å². The van der Waals surface area contributed by atoms with E-state index in [-0.39, 0.29) is 5.56 Å². The highest BCUT2D eigenvalue weighted by Gasteiger charge is 2.03. The third-order valence-electron chi connectivity index (χ3n) is 2.71.